The lowest BCUT2D eigenvalue weighted by molar-refractivity contribution is -0.153. The molecule has 0 bridgehead atoms. The van der Waals surface area contributed by atoms with Crippen molar-refractivity contribution in [2.24, 2.45) is 5.73 Å². The summed E-state index contributed by atoms with van der Waals surface area (Å²) in [6.07, 6.45) is -4.40. The van der Waals surface area contributed by atoms with Crippen LogP contribution < -0.4 is 10.5 Å². The lowest BCUT2D eigenvalue weighted by atomic mass is 10.2. The number of ether oxygens (including phenoxy) is 1. The lowest BCUT2D eigenvalue weighted by Gasteiger charge is -2.10. The molecule has 7 heteroatoms. The Bertz CT molecular complexity index is 406. The number of nitrogens with one attached hydrogen (secondary N) is 1. The van der Waals surface area contributed by atoms with Crippen LogP contribution in [0.25, 0.3) is 0 Å². The van der Waals surface area contributed by atoms with Crippen LogP contribution >= 0.6 is 11.6 Å². The predicted molar refractivity (Wildman–Crippen MR) is 54.0 cm³/mol. The van der Waals surface area contributed by atoms with Gasteiger partial charge in [-0.3, -0.25) is 5.41 Å². The first-order valence-electron chi connectivity index (χ1n) is 4.13. The van der Waals surface area contributed by atoms with Gasteiger partial charge < -0.3 is 10.5 Å². The summed E-state index contributed by atoms with van der Waals surface area (Å²) in [7, 11) is 0. The molecule has 0 aliphatic rings. The van der Waals surface area contributed by atoms with Gasteiger partial charge in [-0.25, -0.2) is 0 Å². The Morgan fingerprint density at radius 2 is 2.06 bits per heavy atom. The van der Waals surface area contributed by atoms with Crippen molar-refractivity contribution < 1.29 is 17.9 Å². The number of halogens is 4. The minimum atomic E-state index is -4.40. The third kappa shape index (κ3) is 3.62. The molecule has 1 aromatic carbocycles. The van der Waals surface area contributed by atoms with E-state index in [9.17, 15) is 13.2 Å². The fourth-order valence-corrected chi connectivity index (χ4v) is 1.24. The van der Waals surface area contributed by atoms with Gasteiger partial charge >= 0.3 is 6.18 Å². The SMILES string of the molecule is N=C(N)c1ccc(OCC(F)(F)F)cc1Cl. The van der Waals surface area contributed by atoms with Crippen LogP contribution in [0.5, 0.6) is 5.75 Å². The molecular weight excluding hydrogens is 245 g/mol. The number of benzene rings is 1. The molecule has 0 heterocycles. The molecule has 16 heavy (non-hydrogen) atoms. The molecule has 0 aromatic heterocycles. The molecule has 0 saturated carbocycles. The van der Waals surface area contributed by atoms with Crippen molar-refractivity contribution in [3.05, 3.63) is 28.8 Å². The monoisotopic (exact) mass is 252 g/mol. The summed E-state index contributed by atoms with van der Waals surface area (Å²) in [4.78, 5) is 0. The second-order valence-electron chi connectivity index (χ2n) is 2.96. The molecular formula is C9H8ClF3N2O. The van der Waals surface area contributed by atoms with Crippen molar-refractivity contribution in [1.29, 1.82) is 5.41 Å². The van der Waals surface area contributed by atoms with Crippen LogP contribution in [0.1, 0.15) is 5.56 Å². The normalized spacial score (nSPS) is 11.2. The standard InChI is InChI=1S/C9H8ClF3N2O/c10-7-3-5(16-4-9(11,12)13)1-2-6(7)8(14)15/h1-3H,4H2,(H3,14,15). The van der Waals surface area contributed by atoms with Gasteiger partial charge in [0.2, 0.25) is 0 Å². The average molecular weight is 253 g/mol. The highest BCUT2D eigenvalue weighted by Gasteiger charge is 2.28. The smallest absolute Gasteiger partial charge is 0.422 e. The fourth-order valence-electron chi connectivity index (χ4n) is 0.969. The second kappa shape index (κ2) is 4.61. The van der Waals surface area contributed by atoms with Gasteiger partial charge in [0.15, 0.2) is 6.61 Å². The highest BCUT2D eigenvalue weighted by Crippen LogP contribution is 2.24. The van der Waals surface area contributed by atoms with Crippen LogP contribution in [0, 0.1) is 5.41 Å². The first kappa shape index (κ1) is 12.6. The second-order valence-corrected chi connectivity index (χ2v) is 3.37. The maximum absolute atomic E-state index is 11.8. The maximum atomic E-state index is 11.8. The molecule has 0 aliphatic heterocycles. The van der Waals surface area contributed by atoms with Crippen LogP contribution in [0.2, 0.25) is 5.02 Å². The van der Waals surface area contributed by atoms with Crippen molar-refractivity contribution in [2.45, 2.75) is 6.18 Å². The summed E-state index contributed by atoms with van der Waals surface area (Å²) in [6.45, 7) is -1.39. The molecule has 88 valence electrons. The summed E-state index contributed by atoms with van der Waals surface area (Å²) < 4.78 is 40.0. The van der Waals surface area contributed by atoms with E-state index in [-0.39, 0.29) is 22.2 Å². The van der Waals surface area contributed by atoms with Gasteiger partial charge in [0, 0.05) is 5.56 Å². The zero-order valence-corrected chi connectivity index (χ0v) is 8.69. The van der Waals surface area contributed by atoms with E-state index in [4.69, 9.17) is 22.7 Å². The largest absolute Gasteiger partial charge is 0.484 e. The van der Waals surface area contributed by atoms with Gasteiger partial charge in [0.05, 0.1) is 5.02 Å². The van der Waals surface area contributed by atoms with Crippen molar-refractivity contribution in [3.63, 3.8) is 0 Å². The Kier molecular flexibility index (Phi) is 3.64. The van der Waals surface area contributed by atoms with E-state index in [1.54, 1.807) is 0 Å². The molecule has 0 unspecified atom stereocenters. The molecule has 3 N–H and O–H groups in total. The Hall–Kier alpha value is -1.43. The number of hydrogen-bond acceptors (Lipinski definition) is 2. The third-order valence-corrected chi connectivity index (χ3v) is 1.95. The van der Waals surface area contributed by atoms with E-state index in [2.05, 4.69) is 4.74 Å². The highest BCUT2D eigenvalue weighted by molar-refractivity contribution is 6.34. The van der Waals surface area contributed by atoms with Crippen LogP contribution in [0.3, 0.4) is 0 Å². The number of alkyl halides is 3. The van der Waals surface area contributed by atoms with Crippen LogP contribution in [0.4, 0.5) is 13.2 Å². The minimum absolute atomic E-state index is 0.0210. The summed E-state index contributed by atoms with van der Waals surface area (Å²) in [5.41, 5.74) is 5.44. The van der Waals surface area contributed by atoms with E-state index < -0.39 is 12.8 Å². The Morgan fingerprint density at radius 1 is 1.44 bits per heavy atom. The zero-order chi connectivity index (χ0) is 12.3. The van der Waals surface area contributed by atoms with Gasteiger partial charge in [0.1, 0.15) is 11.6 Å². The average Bonchev–Trinajstić information content (AvgIpc) is 2.13. The zero-order valence-electron chi connectivity index (χ0n) is 7.94. The molecule has 0 radical (unpaired) electrons. The van der Waals surface area contributed by atoms with Gasteiger partial charge in [-0.1, -0.05) is 11.6 Å². The minimum Gasteiger partial charge on any atom is -0.484 e. The molecule has 0 spiro atoms. The van der Waals surface area contributed by atoms with Crippen LogP contribution in [-0.2, 0) is 0 Å². The van der Waals surface area contributed by atoms with Crippen molar-refractivity contribution in [1.82, 2.24) is 0 Å². The van der Waals surface area contributed by atoms with Gasteiger partial charge in [0.25, 0.3) is 0 Å². The first-order valence-corrected chi connectivity index (χ1v) is 4.51. The number of nitrogen functional groups attached to an aromatic ring is 1. The highest BCUT2D eigenvalue weighted by atomic mass is 35.5. The quantitative estimate of drug-likeness (QED) is 0.642. The van der Waals surface area contributed by atoms with E-state index >= 15 is 0 Å². The summed E-state index contributed by atoms with van der Waals surface area (Å²) in [5, 5.41) is 7.20. The van der Waals surface area contributed by atoms with Crippen molar-refractivity contribution in [2.75, 3.05) is 6.61 Å². The Morgan fingerprint density at radius 3 is 2.50 bits per heavy atom. The predicted octanol–water partition coefficient (Wildman–Crippen LogP) is 2.57. The fraction of sp³-hybridized carbons (Fsp3) is 0.222. The number of amidine groups is 1. The maximum Gasteiger partial charge on any atom is 0.422 e. The molecule has 0 amide bonds. The number of rotatable bonds is 3. The van der Waals surface area contributed by atoms with Gasteiger partial charge in [-0.2, -0.15) is 13.2 Å². The van der Waals surface area contributed by atoms with Gasteiger partial charge in [-0.15, -0.1) is 0 Å². The third-order valence-electron chi connectivity index (χ3n) is 1.63. The summed E-state index contributed by atoms with van der Waals surface area (Å²) >= 11 is 5.69. The van der Waals surface area contributed by atoms with E-state index in [1.165, 1.54) is 18.2 Å². The first-order chi connectivity index (χ1) is 7.29. The van der Waals surface area contributed by atoms with E-state index in [1.807, 2.05) is 0 Å². The summed E-state index contributed by atoms with van der Waals surface area (Å²) in [6, 6.07) is 3.79. The van der Waals surface area contributed by atoms with Crippen molar-refractivity contribution in [3.8, 4) is 5.75 Å². The molecule has 0 fully saturated rings. The van der Waals surface area contributed by atoms with Crippen LogP contribution in [0.15, 0.2) is 18.2 Å². The van der Waals surface area contributed by atoms with E-state index in [0.29, 0.717) is 0 Å². The molecule has 0 atom stereocenters. The Balaban J connectivity index is 2.78. The number of nitrogens with two attached hydrogens (primary N) is 1. The molecule has 0 aliphatic carbocycles. The molecule has 1 aromatic rings. The lowest BCUT2D eigenvalue weighted by Crippen LogP contribution is -2.19. The number of hydrogen-bond donors (Lipinski definition) is 2. The molecule has 1 rings (SSSR count). The topological polar surface area (TPSA) is 59.1 Å². The van der Waals surface area contributed by atoms with Crippen molar-refractivity contribution >= 4 is 17.4 Å². The van der Waals surface area contributed by atoms with Gasteiger partial charge in [-0.05, 0) is 18.2 Å². The molecule has 0 saturated heterocycles. The van der Waals surface area contributed by atoms with E-state index in [0.717, 1.165) is 0 Å². The Labute approximate surface area is 94.5 Å². The van der Waals surface area contributed by atoms with Crippen LogP contribution in [-0.4, -0.2) is 18.6 Å². The summed E-state index contributed by atoms with van der Waals surface area (Å²) in [5.74, 6) is -0.278. The molecule has 3 nitrogen and oxygen atoms in total.